The molecule has 2 unspecified atom stereocenters. The number of imide groups is 1. The molecule has 0 aliphatic carbocycles. The number of H-pyrrole nitrogens is 1. The van der Waals surface area contributed by atoms with Crippen molar-refractivity contribution in [3.05, 3.63) is 85.0 Å². The third-order valence-electron chi connectivity index (χ3n) is 13.4. The smallest absolute Gasteiger partial charge is 0.408 e. The number of carbonyl (C=O) groups excluding carboxylic acids is 7. The van der Waals surface area contributed by atoms with Crippen molar-refractivity contribution in [1.29, 1.82) is 0 Å². The Morgan fingerprint density at radius 2 is 1.66 bits per heavy atom. The first kappa shape index (κ1) is 59.4. The fourth-order valence-corrected chi connectivity index (χ4v) is 10.4. The number of hydrogen-bond acceptors (Lipinski definition) is 17. The summed E-state index contributed by atoms with van der Waals surface area (Å²) in [7, 11) is 1.50. The summed E-state index contributed by atoms with van der Waals surface area (Å²) in [5.41, 5.74) is 2.20. The number of hydrogen-bond donors (Lipinski definition) is 10. The van der Waals surface area contributed by atoms with Crippen molar-refractivity contribution in [2.45, 2.75) is 131 Å². The van der Waals surface area contributed by atoms with Gasteiger partial charge in [0.05, 0.1) is 32.0 Å². The molecule has 10 atom stereocenters. The van der Waals surface area contributed by atoms with Crippen LogP contribution in [0.4, 0.5) is 16.3 Å². The fourth-order valence-electron chi connectivity index (χ4n) is 9.08. The van der Waals surface area contributed by atoms with E-state index in [1.54, 1.807) is 68.5 Å². The van der Waals surface area contributed by atoms with Gasteiger partial charge in [0.15, 0.2) is 17.7 Å². The summed E-state index contributed by atoms with van der Waals surface area (Å²) in [6.45, 7) is 9.70. The maximum atomic E-state index is 14.0. The topological polar surface area (TPSA) is 338 Å². The van der Waals surface area contributed by atoms with Crippen LogP contribution >= 0.6 is 22.6 Å². The van der Waals surface area contributed by atoms with Crippen molar-refractivity contribution < 1.29 is 63.1 Å². The SMILES string of the molecule is C=CCCC(I)(CCC)C1CC(=O)N(CCC(=O)N[C@H](C(=O)N[C@@H](C)C(=O)Nc2ccc(COC(=O)N[C@@H](Cc3ccc(OC)cc3)C(=O)N[C@H]3[C@H](O)[C@@H](O)[C@H](Nc4ncnc5nc[nH]c45)O[C@H]3CO)cc2)C(C)C)C1=O. The Hall–Kier alpha value is -6.81. The van der Waals surface area contributed by atoms with E-state index in [2.05, 4.69) is 81.0 Å². The number of nitrogens with one attached hydrogen (secondary N) is 7. The third-order valence-corrected chi connectivity index (χ3v) is 15.2. The molecule has 2 aromatic carbocycles. The molecule has 2 aromatic heterocycles. The largest absolute Gasteiger partial charge is 0.497 e. The number of aromatic nitrogens is 4. The average Bonchev–Trinajstić information content (AvgIpc) is 4.02. The van der Waals surface area contributed by atoms with E-state index in [1.165, 1.54) is 26.7 Å². The highest BCUT2D eigenvalue weighted by Crippen LogP contribution is 2.43. The lowest BCUT2D eigenvalue weighted by Gasteiger charge is -2.43. The van der Waals surface area contributed by atoms with Crippen LogP contribution in [0.2, 0.25) is 0 Å². The van der Waals surface area contributed by atoms with Gasteiger partial charge in [-0.1, -0.05) is 80.1 Å². The van der Waals surface area contributed by atoms with E-state index in [-0.39, 0.29) is 56.0 Å². The summed E-state index contributed by atoms with van der Waals surface area (Å²) in [6, 6.07) is 8.30. The molecule has 2 saturated heterocycles. The van der Waals surface area contributed by atoms with Crippen molar-refractivity contribution in [3.8, 4) is 5.75 Å². The summed E-state index contributed by atoms with van der Waals surface area (Å²) >= 11 is 2.30. The van der Waals surface area contributed by atoms with Gasteiger partial charge in [0, 0.05) is 34.9 Å². The van der Waals surface area contributed by atoms with Gasteiger partial charge in [-0.05, 0) is 67.5 Å². The molecule has 25 heteroatoms. The van der Waals surface area contributed by atoms with Gasteiger partial charge in [-0.15, -0.1) is 6.58 Å². The highest BCUT2D eigenvalue weighted by atomic mass is 127. The standard InChI is InChI=1S/C52H68IN11O13/c1-7-9-20-52(53,19-8-2)34-23-38(67)64(50(34)73)21-18-37(66)61-39(28(3)4)48(72)58-29(5)46(70)59-32-14-10-31(11-15-32)25-76-51(74)60-35(22-30-12-16-33(75-6)17-13-30)47(71)62-40-36(24-65)77-49(43(69)42(40)68)63-45-41-44(55-26-54-41)56-27-57-45/h7,10-17,26-29,34-36,39-40,42-43,49,65,68-69H,1,8-9,18-25H2,2-6H3,(H,58,72)(H,59,70)(H,60,74)(H,61,66)(H,62,71)(H2,54,55,56,57,63)/t29-,34?,35-,36-,39-,40+,42-,43+,49+,52?/m0/s1. The molecule has 2 aliphatic rings. The van der Waals surface area contributed by atoms with Crippen LogP contribution < -0.4 is 36.6 Å². The predicted molar refractivity (Wildman–Crippen MR) is 289 cm³/mol. The van der Waals surface area contributed by atoms with Crippen molar-refractivity contribution in [2.24, 2.45) is 11.8 Å². The molecule has 0 spiro atoms. The first-order valence-electron chi connectivity index (χ1n) is 25.3. The summed E-state index contributed by atoms with van der Waals surface area (Å²) < 4.78 is 16.2. The zero-order valence-corrected chi connectivity index (χ0v) is 45.7. The number of rotatable bonds is 26. The number of ether oxygens (including phenoxy) is 3. The lowest BCUT2D eigenvalue weighted by Crippen LogP contribution is -2.67. The number of amides is 7. The number of carbonyl (C=O) groups is 7. The van der Waals surface area contributed by atoms with E-state index >= 15 is 0 Å². The van der Waals surface area contributed by atoms with Crippen LogP contribution in [-0.2, 0) is 51.3 Å². The number of aliphatic hydroxyl groups is 3. The number of nitrogens with zero attached hydrogens (tertiary/aromatic N) is 4. The van der Waals surface area contributed by atoms with Gasteiger partial charge in [0.25, 0.3) is 0 Å². The zero-order chi connectivity index (χ0) is 56.0. The molecule has 4 aromatic rings. The number of alkyl halides is 1. The number of methoxy groups -OCH3 is 1. The van der Waals surface area contributed by atoms with Gasteiger partial charge in [-0.25, -0.2) is 19.7 Å². The second-order valence-corrected chi connectivity index (χ2v) is 21.4. The number of alkyl carbamates (subject to hydrolysis) is 1. The predicted octanol–water partition coefficient (Wildman–Crippen LogP) is 2.52. The molecule has 2 aliphatic heterocycles. The number of aromatic amines is 1. The number of imidazole rings is 1. The van der Waals surface area contributed by atoms with Crippen LogP contribution in [-0.4, -0.2) is 154 Å². The summed E-state index contributed by atoms with van der Waals surface area (Å²) in [6.07, 6.45) is 0.453. The van der Waals surface area contributed by atoms with E-state index in [1.807, 2.05) is 6.92 Å². The van der Waals surface area contributed by atoms with Crippen LogP contribution in [0.5, 0.6) is 5.75 Å². The molecule has 2 fully saturated rings. The minimum absolute atomic E-state index is 0.0549. The second-order valence-electron chi connectivity index (χ2n) is 19.3. The van der Waals surface area contributed by atoms with E-state index in [0.29, 0.717) is 46.6 Å². The Bertz CT molecular complexity index is 2710. The van der Waals surface area contributed by atoms with Gasteiger partial charge >= 0.3 is 6.09 Å². The molecular formula is C52H68IN11O13. The third kappa shape index (κ3) is 15.4. The maximum absolute atomic E-state index is 14.0. The Kier molecular flexibility index (Phi) is 21.2. The minimum Gasteiger partial charge on any atom is -0.497 e. The van der Waals surface area contributed by atoms with E-state index in [4.69, 9.17) is 14.2 Å². The van der Waals surface area contributed by atoms with Crippen LogP contribution in [0.15, 0.2) is 73.8 Å². The monoisotopic (exact) mass is 1180 g/mol. The molecule has 0 radical (unpaired) electrons. The Labute approximate surface area is 458 Å². The van der Waals surface area contributed by atoms with Crippen LogP contribution in [0.3, 0.4) is 0 Å². The van der Waals surface area contributed by atoms with Crippen LogP contribution in [0.1, 0.15) is 77.3 Å². The van der Waals surface area contributed by atoms with E-state index in [9.17, 15) is 48.9 Å². The van der Waals surface area contributed by atoms with E-state index in [0.717, 1.165) is 17.7 Å². The van der Waals surface area contributed by atoms with Crippen LogP contribution in [0, 0.1) is 11.8 Å². The highest BCUT2D eigenvalue weighted by Gasteiger charge is 2.49. The van der Waals surface area contributed by atoms with Crippen molar-refractivity contribution in [1.82, 2.24) is 46.1 Å². The lowest BCUT2D eigenvalue weighted by molar-refractivity contribution is -0.185. The van der Waals surface area contributed by atoms with Crippen molar-refractivity contribution in [2.75, 3.05) is 30.9 Å². The van der Waals surface area contributed by atoms with Crippen molar-refractivity contribution >= 4 is 86.8 Å². The van der Waals surface area contributed by atoms with E-state index < -0.39 is 94.4 Å². The molecule has 0 saturated carbocycles. The molecule has 4 heterocycles. The Morgan fingerprint density at radius 1 is 0.948 bits per heavy atom. The molecule has 416 valence electrons. The first-order chi connectivity index (χ1) is 36.8. The number of fused-ring (bicyclic) bond motifs is 1. The fraction of sp³-hybridized carbons (Fsp3) is 0.500. The number of benzene rings is 2. The molecule has 24 nitrogen and oxygen atoms in total. The summed E-state index contributed by atoms with van der Waals surface area (Å²) in [4.78, 5) is 110. The van der Waals surface area contributed by atoms with Gasteiger partial charge < -0.3 is 66.4 Å². The van der Waals surface area contributed by atoms with Crippen LogP contribution in [0.25, 0.3) is 11.2 Å². The van der Waals surface area contributed by atoms with Crippen molar-refractivity contribution in [3.63, 3.8) is 0 Å². The molecular weight excluding hydrogens is 1110 g/mol. The van der Waals surface area contributed by atoms with Gasteiger partial charge in [-0.3, -0.25) is 33.7 Å². The lowest BCUT2D eigenvalue weighted by atomic mass is 9.83. The molecule has 10 N–H and O–H groups in total. The normalized spacial score (nSPS) is 21.3. The molecule has 77 heavy (non-hydrogen) atoms. The summed E-state index contributed by atoms with van der Waals surface area (Å²) in [5.74, 6) is -3.27. The number of aliphatic hydroxyl groups excluding tert-OH is 3. The van der Waals surface area contributed by atoms with Gasteiger partial charge in [-0.2, -0.15) is 0 Å². The molecule has 0 bridgehead atoms. The van der Waals surface area contributed by atoms with Gasteiger partial charge in [0.1, 0.15) is 60.6 Å². The molecule has 6 rings (SSSR count). The number of allylic oxidation sites excluding steroid dienone is 1. The highest BCUT2D eigenvalue weighted by molar-refractivity contribution is 14.1. The minimum atomic E-state index is -1.67. The Morgan fingerprint density at radius 3 is 2.32 bits per heavy atom. The zero-order valence-electron chi connectivity index (χ0n) is 43.5. The first-order valence-corrected chi connectivity index (χ1v) is 26.4. The number of halogens is 1. The molecule has 7 amide bonds. The second kappa shape index (κ2) is 27.5. The quantitative estimate of drug-likeness (QED) is 0.0187. The number of anilines is 2. The summed E-state index contributed by atoms with van der Waals surface area (Å²) in [5, 5.41) is 48.8. The number of likely N-dealkylation sites (tertiary alicyclic amines) is 1. The Balaban J connectivity index is 0.991. The van der Waals surface area contributed by atoms with Gasteiger partial charge in [0.2, 0.25) is 35.4 Å². The maximum Gasteiger partial charge on any atom is 0.408 e. The average molecular weight is 1180 g/mol.